The summed E-state index contributed by atoms with van der Waals surface area (Å²) in [6, 6.07) is 11.4. The molecule has 130 valence electrons. The summed E-state index contributed by atoms with van der Waals surface area (Å²) >= 11 is 6.32. The number of aliphatic hydroxyl groups is 1. The Bertz CT molecular complexity index is 1060. The van der Waals surface area contributed by atoms with E-state index in [9.17, 15) is 0 Å². The van der Waals surface area contributed by atoms with Gasteiger partial charge in [0.1, 0.15) is 5.65 Å². The van der Waals surface area contributed by atoms with E-state index >= 15 is 0 Å². The number of anilines is 2. The minimum absolute atomic E-state index is 0.0910. The van der Waals surface area contributed by atoms with Gasteiger partial charge in [-0.25, -0.2) is 15.0 Å². The van der Waals surface area contributed by atoms with E-state index in [1.165, 1.54) is 0 Å². The number of halogens is 1. The zero-order valence-electron chi connectivity index (χ0n) is 13.8. The van der Waals surface area contributed by atoms with Crippen LogP contribution in [0.3, 0.4) is 0 Å². The summed E-state index contributed by atoms with van der Waals surface area (Å²) in [6.07, 6.45) is 5.91. The molecule has 0 saturated carbocycles. The molecule has 0 bridgehead atoms. The Morgan fingerprint density at radius 1 is 1.12 bits per heavy atom. The molecule has 4 aromatic rings. The Morgan fingerprint density at radius 2 is 2.04 bits per heavy atom. The predicted octanol–water partition coefficient (Wildman–Crippen LogP) is 3.95. The first-order chi connectivity index (χ1) is 12.7. The first-order valence-corrected chi connectivity index (χ1v) is 8.54. The van der Waals surface area contributed by atoms with E-state index in [1.807, 2.05) is 42.6 Å². The van der Waals surface area contributed by atoms with E-state index in [2.05, 4.69) is 25.3 Å². The number of benzene rings is 1. The molecule has 0 radical (unpaired) electrons. The average molecular weight is 366 g/mol. The molecule has 0 spiro atoms. The van der Waals surface area contributed by atoms with E-state index in [4.69, 9.17) is 16.7 Å². The number of fused-ring (bicyclic) bond motifs is 1. The van der Waals surface area contributed by atoms with E-state index in [1.54, 1.807) is 12.4 Å². The second-order valence-corrected chi connectivity index (χ2v) is 6.19. The number of hydrogen-bond donors (Lipinski definition) is 3. The van der Waals surface area contributed by atoms with Gasteiger partial charge in [-0.2, -0.15) is 0 Å². The monoisotopic (exact) mass is 365 g/mol. The Morgan fingerprint density at radius 3 is 2.88 bits per heavy atom. The molecule has 0 amide bonds. The molecule has 7 heteroatoms. The molecule has 0 saturated heterocycles. The van der Waals surface area contributed by atoms with E-state index in [0.717, 1.165) is 27.9 Å². The van der Waals surface area contributed by atoms with Gasteiger partial charge in [-0.15, -0.1) is 0 Å². The van der Waals surface area contributed by atoms with Crippen molar-refractivity contribution in [3.63, 3.8) is 0 Å². The summed E-state index contributed by atoms with van der Waals surface area (Å²) in [7, 11) is 0. The van der Waals surface area contributed by atoms with Crippen LogP contribution in [0.5, 0.6) is 0 Å². The van der Waals surface area contributed by atoms with Crippen LogP contribution in [0.2, 0.25) is 5.02 Å². The van der Waals surface area contributed by atoms with Crippen LogP contribution in [0.25, 0.3) is 22.3 Å². The smallest absolute Gasteiger partial charge is 0.227 e. The van der Waals surface area contributed by atoms with Crippen molar-refractivity contribution in [3.05, 3.63) is 65.6 Å². The molecule has 0 aliphatic rings. The van der Waals surface area contributed by atoms with Crippen LogP contribution in [0.15, 0.2) is 55.0 Å². The molecule has 3 N–H and O–H groups in total. The highest BCUT2D eigenvalue weighted by Gasteiger charge is 2.10. The van der Waals surface area contributed by atoms with Crippen molar-refractivity contribution < 1.29 is 5.11 Å². The molecule has 4 rings (SSSR count). The minimum Gasteiger partial charge on any atom is -0.396 e. The van der Waals surface area contributed by atoms with Crippen molar-refractivity contribution in [2.45, 2.75) is 6.42 Å². The van der Waals surface area contributed by atoms with E-state index in [-0.39, 0.29) is 6.61 Å². The summed E-state index contributed by atoms with van der Waals surface area (Å²) < 4.78 is 0. The van der Waals surface area contributed by atoms with Gasteiger partial charge in [0.15, 0.2) is 0 Å². The van der Waals surface area contributed by atoms with Crippen LogP contribution < -0.4 is 5.32 Å². The molecule has 0 aliphatic heterocycles. The van der Waals surface area contributed by atoms with Gasteiger partial charge in [0.25, 0.3) is 0 Å². The van der Waals surface area contributed by atoms with Gasteiger partial charge < -0.3 is 15.4 Å². The molecule has 3 aromatic heterocycles. The van der Waals surface area contributed by atoms with Crippen molar-refractivity contribution in [1.82, 2.24) is 19.9 Å². The SMILES string of the molecule is OCCc1ccc(Nc2nccc(-c3c[nH]c4ncccc34)n2)c(Cl)c1. The lowest BCUT2D eigenvalue weighted by Gasteiger charge is -2.09. The average Bonchev–Trinajstić information content (AvgIpc) is 3.09. The Kier molecular flexibility index (Phi) is 4.51. The topological polar surface area (TPSA) is 86.7 Å². The highest BCUT2D eigenvalue weighted by molar-refractivity contribution is 6.33. The van der Waals surface area contributed by atoms with E-state index in [0.29, 0.717) is 23.1 Å². The first kappa shape index (κ1) is 16.5. The Hall–Kier alpha value is -2.96. The highest BCUT2D eigenvalue weighted by atomic mass is 35.5. The maximum atomic E-state index is 9.03. The third-order valence-electron chi connectivity index (χ3n) is 4.06. The maximum absolute atomic E-state index is 9.03. The lowest BCUT2D eigenvalue weighted by Crippen LogP contribution is -1.99. The summed E-state index contributed by atoms with van der Waals surface area (Å²) in [5.74, 6) is 0.456. The Labute approximate surface area is 154 Å². The van der Waals surface area contributed by atoms with Gasteiger partial charge in [0.2, 0.25) is 5.95 Å². The summed E-state index contributed by atoms with van der Waals surface area (Å²) in [5, 5.41) is 13.7. The number of nitrogens with one attached hydrogen (secondary N) is 2. The number of aliphatic hydroxyl groups excluding tert-OH is 1. The summed E-state index contributed by atoms with van der Waals surface area (Å²) in [6.45, 7) is 0.0910. The number of aromatic amines is 1. The third-order valence-corrected chi connectivity index (χ3v) is 4.38. The van der Waals surface area contributed by atoms with Gasteiger partial charge in [-0.05, 0) is 42.3 Å². The molecule has 3 heterocycles. The standard InChI is InChI=1S/C19H16ClN5O/c20-15-10-12(6-9-26)3-4-17(15)25-19-22-8-5-16(24-19)14-11-23-18-13(14)2-1-7-21-18/h1-5,7-8,10-11,26H,6,9H2,(H,21,23)(H,22,24,25). The molecule has 1 aromatic carbocycles. The normalized spacial score (nSPS) is 11.0. The molecular weight excluding hydrogens is 350 g/mol. The van der Waals surface area contributed by atoms with Crippen LogP contribution in [-0.4, -0.2) is 31.6 Å². The van der Waals surface area contributed by atoms with Crippen molar-refractivity contribution in [3.8, 4) is 11.3 Å². The summed E-state index contributed by atoms with van der Waals surface area (Å²) in [5.41, 5.74) is 4.26. The first-order valence-electron chi connectivity index (χ1n) is 8.16. The number of rotatable bonds is 5. The summed E-state index contributed by atoms with van der Waals surface area (Å²) in [4.78, 5) is 16.3. The molecule has 0 aliphatic carbocycles. The number of nitrogens with zero attached hydrogens (tertiary/aromatic N) is 3. The lowest BCUT2D eigenvalue weighted by atomic mass is 10.1. The fourth-order valence-corrected chi connectivity index (χ4v) is 3.05. The largest absolute Gasteiger partial charge is 0.396 e. The number of H-pyrrole nitrogens is 1. The minimum atomic E-state index is 0.0910. The molecule has 0 unspecified atom stereocenters. The number of hydrogen-bond acceptors (Lipinski definition) is 5. The van der Waals surface area contributed by atoms with Gasteiger partial charge in [-0.1, -0.05) is 17.7 Å². The fourth-order valence-electron chi connectivity index (χ4n) is 2.80. The lowest BCUT2D eigenvalue weighted by molar-refractivity contribution is 0.299. The molecule has 0 fully saturated rings. The van der Waals surface area contributed by atoms with Gasteiger partial charge in [-0.3, -0.25) is 0 Å². The maximum Gasteiger partial charge on any atom is 0.227 e. The van der Waals surface area contributed by atoms with E-state index < -0.39 is 0 Å². The van der Waals surface area contributed by atoms with Crippen molar-refractivity contribution in [2.75, 3.05) is 11.9 Å². The van der Waals surface area contributed by atoms with Crippen LogP contribution >= 0.6 is 11.6 Å². The van der Waals surface area contributed by atoms with Crippen molar-refractivity contribution in [2.24, 2.45) is 0 Å². The fraction of sp³-hybridized carbons (Fsp3) is 0.105. The second kappa shape index (κ2) is 7.11. The van der Waals surface area contributed by atoms with Crippen LogP contribution in [0.1, 0.15) is 5.56 Å². The number of aromatic nitrogens is 4. The molecule has 6 nitrogen and oxygen atoms in total. The molecule has 26 heavy (non-hydrogen) atoms. The van der Waals surface area contributed by atoms with Crippen LogP contribution in [0.4, 0.5) is 11.6 Å². The quantitative estimate of drug-likeness (QED) is 0.498. The van der Waals surface area contributed by atoms with Crippen LogP contribution in [0, 0.1) is 0 Å². The highest BCUT2D eigenvalue weighted by Crippen LogP contribution is 2.28. The van der Waals surface area contributed by atoms with Gasteiger partial charge >= 0.3 is 0 Å². The zero-order chi connectivity index (χ0) is 17.9. The van der Waals surface area contributed by atoms with Crippen molar-refractivity contribution in [1.29, 1.82) is 0 Å². The van der Waals surface area contributed by atoms with Crippen LogP contribution in [-0.2, 0) is 6.42 Å². The number of pyridine rings is 1. The zero-order valence-corrected chi connectivity index (χ0v) is 14.5. The van der Waals surface area contributed by atoms with Gasteiger partial charge in [0, 0.05) is 36.1 Å². The van der Waals surface area contributed by atoms with Crippen molar-refractivity contribution >= 4 is 34.3 Å². The molecular formula is C19H16ClN5O. The Balaban J connectivity index is 1.64. The third kappa shape index (κ3) is 3.24. The molecule has 0 atom stereocenters. The predicted molar refractivity (Wildman–Crippen MR) is 103 cm³/mol. The second-order valence-electron chi connectivity index (χ2n) is 5.78. The van der Waals surface area contributed by atoms with Gasteiger partial charge in [0.05, 0.1) is 16.4 Å².